The van der Waals surface area contributed by atoms with Gasteiger partial charge in [-0.05, 0) is 55.2 Å². The van der Waals surface area contributed by atoms with Crippen molar-refractivity contribution in [2.75, 3.05) is 7.11 Å². The second kappa shape index (κ2) is 6.91. The molecule has 4 rings (SSSR count). The summed E-state index contributed by atoms with van der Waals surface area (Å²) in [7, 11) is 1.65. The lowest BCUT2D eigenvalue weighted by Crippen LogP contribution is -2.36. The summed E-state index contributed by atoms with van der Waals surface area (Å²) in [6.07, 6.45) is 5.41. The maximum atomic E-state index is 13.1. The van der Waals surface area contributed by atoms with Crippen LogP contribution >= 0.6 is 0 Å². The zero-order chi connectivity index (χ0) is 18.9. The first-order chi connectivity index (χ1) is 13.1. The molecule has 1 fully saturated rings. The van der Waals surface area contributed by atoms with Crippen LogP contribution in [0.15, 0.2) is 67.0 Å². The fourth-order valence-corrected chi connectivity index (χ4v) is 3.57. The third kappa shape index (κ3) is 3.21. The molecule has 1 N–H and O–H groups in total. The molecule has 138 valence electrons. The topological polar surface area (TPSA) is 56.1 Å². The van der Waals surface area contributed by atoms with Crippen molar-refractivity contribution >= 4 is 5.91 Å². The van der Waals surface area contributed by atoms with Gasteiger partial charge in [-0.25, -0.2) is 4.68 Å². The van der Waals surface area contributed by atoms with Crippen LogP contribution < -0.4 is 10.1 Å². The number of benzene rings is 2. The first-order valence-corrected chi connectivity index (χ1v) is 9.18. The third-order valence-electron chi connectivity index (χ3n) is 5.33. The highest BCUT2D eigenvalue weighted by atomic mass is 16.5. The van der Waals surface area contributed by atoms with E-state index in [-0.39, 0.29) is 11.9 Å². The van der Waals surface area contributed by atoms with Gasteiger partial charge in [0, 0.05) is 12.4 Å². The largest absolute Gasteiger partial charge is 0.497 e. The van der Waals surface area contributed by atoms with Gasteiger partial charge in [-0.2, -0.15) is 5.10 Å². The highest BCUT2D eigenvalue weighted by Gasteiger charge is 2.51. The van der Waals surface area contributed by atoms with E-state index in [1.807, 2.05) is 72.4 Å². The van der Waals surface area contributed by atoms with Gasteiger partial charge in [0.25, 0.3) is 0 Å². The van der Waals surface area contributed by atoms with Crippen LogP contribution in [0.5, 0.6) is 5.75 Å². The summed E-state index contributed by atoms with van der Waals surface area (Å²) in [6, 6.07) is 17.6. The average Bonchev–Trinajstić information content (AvgIpc) is 3.35. The predicted octanol–water partition coefficient (Wildman–Crippen LogP) is 3.79. The van der Waals surface area contributed by atoms with Gasteiger partial charge < -0.3 is 10.1 Å². The first-order valence-electron chi connectivity index (χ1n) is 9.18. The van der Waals surface area contributed by atoms with E-state index in [1.165, 1.54) is 0 Å². The first kappa shape index (κ1) is 17.3. The highest BCUT2D eigenvalue weighted by Crippen LogP contribution is 2.49. The van der Waals surface area contributed by atoms with Crippen molar-refractivity contribution in [1.82, 2.24) is 15.1 Å². The van der Waals surface area contributed by atoms with E-state index < -0.39 is 5.41 Å². The summed E-state index contributed by atoms with van der Waals surface area (Å²) in [6.45, 7) is 2.02. The Morgan fingerprint density at radius 1 is 1.15 bits per heavy atom. The molecule has 27 heavy (non-hydrogen) atoms. The van der Waals surface area contributed by atoms with Crippen molar-refractivity contribution < 1.29 is 9.53 Å². The van der Waals surface area contributed by atoms with E-state index in [0.717, 1.165) is 35.4 Å². The van der Waals surface area contributed by atoms with Gasteiger partial charge in [0.05, 0.1) is 24.3 Å². The van der Waals surface area contributed by atoms with Gasteiger partial charge in [0.15, 0.2) is 0 Å². The van der Waals surface area contributed by atoms with Crippen molar-refractivity contribution in [3.05, 3.63) is 78.1 Å². The van der Waals surface area contributed by atoms with Crippen molar-refractivity contribution in [1.29, 1.82) is 0 Å². The number of methoxy groups -OCH3 is 1. The fraction of sp³-hybridized carbons (Fsp3) is 0.273. The number of hydrogen-bond donors (Lipinski definition) is 1. The maximum absolute atomic E-state index is 13.1. The Balaban J connectivity index is 1.55. The summed E-state index contributed by atoms with van der Waals surface area (Å²) in [5.74, 6) is 0.881. The number of ether oxygens (including phenoxy) is 1. The third-order valence-corrected chi connectivity index (χ3v) is 5.33. The van der Waals surface area contributed by atoms with Crippen LogP contribution in [0.3, 0.4) is 0 Å². The van der Waals surface area contributed by atoms with Crippen LogP contribution in [0.1, 0.15) is 36.9 Å². The number of para-hydroxylation sites is 1. The summed E-state index contributed by atoms with van der Waals surface area (Å²) < 4.78 is 7.05. The molecule has 3 aromatic rings. The second-order valence-corrected chi connectivity index (χ2v) is 7.02. The van der Waals surface area contributed by atoms with Crippen LogP contribution in [0.25, 0.3) is 5.69 Å². The number of hydrogen-bond acceptors (Lipinski definition) is 3. The fourth-order valence-electron chi connectivity index (χ4n) is 3.57. The number of amides is 1. The minimum absolute atomic E-state index is 0.0791. The van der Waals surface area contributed by atoms with Gasteiger partial charge in [0.1, 0.15) is 5.75 Å². The minimum atomic E-state index is -0.416. The Hall–Kier alpha value is -3.08. The van der Waals surface area contributed by atoms with Gasteiger partial charge in [0.2, 0.25) is 5.91 Å². The van der Waals surface area contributed by atoms with Crippen molar-refractivity contribution in [2.24, 2.45) is 0 Å². The SMILES string of the molecule is COc1ccc(C2(C(=O)N[C@@H](C)c3ccccc3-n3cccn3)CC2)cc1. The Kier molecular flexibility index (Phi) is 4.44. The highest BCUT2D eigenvalue weighted by molar-refractivity contribution is 5.91. The van der Waals surface area contributed by atoms with Crippen LogP contribution in [-0.2, 0) is 10.2 Å². The number of rotatable bonds is 6. The second-order valence-electron chi connectivity index (χ2n) is 7.02. The monoisotopic (exact) mass is 361 g/mol. The van der Waals surface area contributed by atoms with Crippen molar-refractivity contribution in [3.8, 4) is 11.4 Å². The van der Waals surface area contributed by atoms with Gasteiger partial charge in [-0.15, -0.1) is 0 Å². The zero-order valence-electron chi connectivity index (χ0n) is 15.6. The van der Waals surface area contributed by atoms with E-state index in [2.05, 4.69) is 10.4 Å². The zero-order valence-corrected chi connectivity index (χ0v) is 15.6. The molecule has 1 atom stereocenters. The van der Waals surface area contributed by atoms with Crippen LogP contribution in [0.2, 0.25) is 0 Å². The Morgan fingerprint density at radius 2 is 1.89 bits per heavy atom. The lowest BCUT2D eigenvalue weighted by molar-refractivity contribution is -0.124. The number of nitrogens with one attached hydrogen (secondary N) is 1. The summed E-state index contributed by atoms with van der Waals surface area (Å²) in [5, 5.41) is 7.54. The lowest BCUT2D eigenvalue weighted by Gasteiger charge is -2.22. The smallest absolute Gasteiger partial charge is 0.231 e. The molecule has 1 aliphatic rings. The molecule has 2 aromatic carbocycles. The molecule has 1 amide bonds. The maximum Gasteiger partial charge on any atom is 0.231 e. The van der Waals surface area contributed by atoms with E-state index in [9.17, 15) is 4.79 Å². The molecule has 0 unspecified atom stereocenters. The number of aromatic nitrogens is 2. The summed E-state index contributed by atoms with van der Waals surface area (Å²) >= 11 is 0. The van der Waals surface area contributed by atoms with E-state index in [1.54, 1.807) is 13.3 Å². The van der Waals surface area contributed by atoms with Crippen LogP contribution in [0, 0.1) is 0 Å². The van der Waals surface area contributed by atoms with Crippen LogP contribution in [0.4, 0.5) is 0 Å². The molecule has 5 heteroatoms. The summed E-state index contributed by atoms with van der Waals surface area (Å²) in [5.41, 5.74) is 2.65. The molecule has 0 aliphatic heterocycles. The molecule has 5 nitrogen and oxygen atoms in total. The van der Waals surface area contributed by atoms with Crippen molar-refractivity contribution in [3.63, 3.8) is 0 Å². The molecule has 1 heterocycles. The molecule has 0 saturated heterocycles. The normalized spacial score (nSPS) is 15.8. The molecule has 1 saturated carbocycles. The van der Waals surface area contributed by atoms with Crippen LogP contribution in [-0.4, -0.2) is 22.8 Å². The quantitative estimate of drug-likeness (QED) is 0.727. The Labute approximate surface area is 159 Å². The standard InChI is InChI=1S/C22H23N3O2/c1-16(19-6-3-4-7-20(19)25-15-5-14-23-25)24-21(26)22(12-13-22)17-8-10-18(27-2)11-9-17/h3-11,14-16H,12-13H2,1-2H3,(H,24,26)/t16-/m0/s1. The van der Waals surface area contributed by atoms with E-state index in [0.29, 0.717) is 0 Å². The molecular formula is C22H23N3O2. The molecule has 1 aliphatic carbocycles. The van der Waals surface area contributed by atoms with E-state index >= 15 is 0 Å². The predicted molar refractivity (Wildman–Crippen MR) is 104 cm³/mol. The molecule has 0 bridgehead atoms. The minimum Gasteiger partial charge on any atom is -0.497 e. The van der Waals surface area contributed by atoms with E-state index in [4.69, 9.17) is 4.74 Å². The number of nitrogens with zero attached hydrogens (tertiary/aromatic N) is 2. The Morgan fingerprint density at radius 3 is 2.52 bits per heavy atom. The van der Waals surface area contributed by atoms with Gasteiger partial charge in [-0.3, -0.25) is 4.79 Å². The van der Waals surface area contributed by atoms with Crippen molar-refractivity contribution in [2.45, 2.75) is 31.2 Å². The van der Waals surface area contributed by atoms with Gasteiger partial charge >= 0.3 is 0 Å². The molecule has 0 radical (unpaired) electrons. The molecular weight excluding hydrogens is 338 g/mol. The number of carbonyl (C=O) groups excluding carboxylic acids is 1. The molecule has 0 spiro atoms. The Bertz CT molecular complexity index is 928. The average molecular weight is 361 g/mol. The molecule has 1 aromatic heterocycles. The summed E-state index contributed by atoms with van der Waals surface area (Å²) in [4.78, 5) is 13.1. The number of carbonyl (C=O) groups is 1. The lowest BCUT2D eigenvalue weighted by atomic mass is 9.94. The van der Waals surface area contributed by atoms with Gasteiger partial charge in [-0.1, -0.05) is 30.3 Å².